The molecule has 3 N–H and O–H groups in total. The molecular formula is C10H15F3N4O2. The number of hydrogen-bond donors (Lipinski definition) is 2. The molecule has 0 saturated heterocycles. The molecule has 0 fully saturated rings. The minimum Gasteiger partial charge on any atom is -0.395 e. The molecule has 0 saturated carbocycles. The molecule has 1 atom stereocenters. The van der Waals surface area contributed by atoms with E-state index in [1.54, 1.807) is 7.05 Å². The zero-order valence-electron chi connectivity index (χ0n) is 10.3. The normalized spacial score (nSPS) is 13.4. The van der Waals surface area contributed by atoms with E-state index in [9.17, 15) is 18.0 Å². The summed E-state index contributed by atoms with van der Waals surface area (Å²) in [7, 11) is 1.60. The number of aliphatic hydroxyl groups excluding tert-OH is 1. The Balaban J connectivity index is 2.81. The van der Waals surface area contributed by atoms with Crippen molar-refractivity contribution in [3.8, 4) is 0 Å². The van der Waals surface area contributed by atoms with Gasteiger partial charge in [-0.1, -0.05) is 0 Å². The molecule has 1 rings (SSSR count). The molecule has 1 aromatic heterocycles. The van der Waals surface area contributed by atoms with Crippen LogP contribution in [0.2, 0.25) is 0 Å². The third kappa shape index (κ3) is 4.52. The Morgan fingerprint density at radius 1 is 1.63 bits per heavy atom. The highest BCUT2D eigenvalue weighted by Crippen LogP contribution is 2.19. The highest BCUT2D eigenvalue weighted by Gasteiger charge is 2.34. The number of hydrogen-bond acceptors (Lipinski definition) is 4. The highest BCUT2D eigenvalue weighted by atomic mass is 19.4. The first-order chi connectivity index (χ1) is 8.74. The maximum Gasteiger partial charge on any atom is 0.406 e. The van der Waals surface area contributed by atoms with Crippen LogP contribution in [0, 0.1) is 0 Å². The molecule has 0 bridgehead atoms. The summed E-state index contributed by atoms with van der Waals surface area (Å²) in [6.45, 7) is -2.44. The fourth-order valence-electron chi connectivity index (χ4n) is 1.54. The standard InChI is InChI=1S/C10H15F3N4O2/c1-16-5-7(4-15-16)8(14)9(19)17(2-3-18)6-10(11,12)13/h4-5,8,18H,2-3,6,14H2,1H3. The summed E-state index contributed by atoms with van der Waals surface area (Å²) in [5.74, 6) is -0.903. The number of carbonyl (C=O) groups is 1. The van der Waals surface area contributed by atoms with Crippen molar-refractivity contribution in [2.45, 2.75) is 12.2 Å². The highest BCUT2D eigenvalue weighted by molar-refractivity contribution is 5.83. The quantitative estimate of drug-likeness (QED) is 0.782. The van der Waals surface area contributed by atoms with Crippen molar-refractivity contribution >= 4 is 5.91 Å². The van der Waals surface area contributed by atoms with Crippen molar-refractivity contribution in [3.63, 3.8) is 0 Å². The van der Waals surface area contributed by atoms with Gasteiger partial charge in [0.25, 0.3) is 0 Å². The van der Waals surface area contributed by atoms with Gasteiger partial charge in [-0.15, -0.1) is 0 Å². The Hall–Kier alpha value is -1.61. The molecule has 6 nitrogen and oxygen atoms in total. The molecule has 1 heterocycles. The summed E-state index contributed by atoms with van der Waals surface area (Å²) in [5.41, 5.74) is 5.93. The van der Waals surface area contributed by atoms with Crippen molar-refractivity contribution < 1.29 is 23.1 Å². The van der Waals surface area contributed by atoms with E-state index in [-0.39, 0.29) is 0 Å². The Kier molecular flexibility index (Phi) is 4.90. The Morgan fingerprint density at radius 2 is 2.26 bits per heavy atom. The van der Waals surface area contributed by atoms with Gasteiger partial charge < -0.3 is 15.7 Å². The summed E-state index contributed by atoms with van der Waals surface area (Å²) in [6.07, 6.45) is -1.78. The number of halogens is 3. The number of aromatic nitrogens is 2. The van der Waals surface area contributed by atoms with Gasteiger partial charge in [-0.25, -0.2) is 0 Å². The number of carbonyl (C=O) groups excluding carboxylic acids is 1. The first-order valence-corrected chi connectivity index (χ1v) is 5.45. The number of amides is 1. The van der Waals surface area contributed by atoms with Crippen LogP contribution in [0.4, 0.5) is 13.2 Å². The van der Waals surface area contributed by atoms with Gasteiger partial charge >= 0.3 is 6.18 Å². The minimum atomic E-state index is -4.54. The van der Waals surface area contributed by atoms with E-state index in [1.807, 2.05) is 0 Å². The predicted molar refractivity (Wildman–Crippen MR) is 59.9 cm³/mol. The lowest BCUT2D eigenvalue weighted by Crippen LogP contribution is -2.44. The average molecular weight is 280 g/mol. The minimum absolute atomic E-state index is 0.317. The molecule has 0 aliphatic carbocycles. The Labute approximate surface area is 107 Å². The second kappa shape index (κ2) is 6.02. The van der Waals surface area contributed by atoms with E-state index in [2.05, 4.69) is 5.10 Å². The van der Waals surface area contributed by atoms with Gasteiger partial charge in [-0.3, -0.25) is 9.48 Å². The van der Waals surface area contributed by atoms with Crippen LogP contribution in [0.5, 0.6) is 0 Å². The lowest BCUT2D eigenvalue weighted by atomic mass is 10.1. The van der Waals surface area contributed by atoms with Crippen molar-refractivity contribution in [2.24, 2.45) is 12.8 Å². The average Bonchev–Trinajstić information content (AvgIpc) is 2.71. The first-order valence-electron chi connectivity index (χ1n) is 5.45. The van der Waals surface area contributed by atoms with E-state index in [1.165, 1.54) is 17.1 Å². The predicted octanol–water partition coefficient (Wildman–Crippen LogP) is -0.197. The second-order valence-corrected chi connectivity index (χ2v) is 4.02. The lowest BCUT2D eigenvalue weighted by Gasteiger charge is -2.25. The van der Waals surface area contributed by atoms with Crippen LogP contribution in [-0.4, -0.2) is 51.6 Å². The Morgan fingerprint density at radius 3 is 2.68 bits per heavy atom. The number of alkyl halides is 3. The third-order valence-corrected chi connectivity index (χ3v) is 2.40. The molecule has 1 unspecified atom stereocenters. The molecule has 0 aliphatic rings. The number of nitrogens with two attached hydrogens (primary N) is 1. The van der Waals surface area contributed by atoms with Gasteiger partial charge in [0.1, 0.15) is 12.6 Å². The summed E-state index contributed by atoms with van der Waals surface area (Å²) < 4.78 is 38.4. The second-order valence-electron chi connectivity index (χ2n) is 4.02. The largest absolute Gasteiger partial charge is 0.406 e. The van der Waals surface area contributed by atoms with Crippen molar-refractivity contribution in [1.29, 1.82) is 0 Å². The molecule has 108 valence electrons. The van der Waals surface area contributed by atoms with Gasteiger partial charge in [0.05, 0.1) is 12.8 Å². The third-order valence-electron chi connectivity index (χ3n) is 2.40. The van der Waals surface area contributed by atoms with Crippen LogP contribution in [0.3, 0.4) is 0 Å². The van der Waals surface area contributed by atoms with Crippen LogP contribution >= 0.6 is 0 Å². The van der Waals surface area contributed by atoms with Gasteiger partial charge in [0, 0.05) is 25.4 Å². The molecule has 0 radical (unpaired) electrons. The molecule has 0 spiro atoms. The van der Waals surface area contributed by atoms with Crippen LogP contribution < -0.4 is 5.73 Å². The SMILES string of the molecule is Cn1cc(C(N)C(=O)N(CCO)CC(F)(F)F)cn1. The van der Waals surface area contributed by atoms with Crippen molar-refractivity contribution in [2.75, 3.05) is 19.7 Å². The Bertz CT molecular complexity index is 433. The van der Waals surface area contributed by atoms with E-state index in [0.29, 0.717) is 10.5 Å². The molecule has 0 aliphatic heterocycles. The maximum absolute atomic E-state index is 12.3. The molecule has 1 amide bonds. The molecular weight excluding hydrogens is 265 g/mol. The van der Waals surface area contributed by atoms with Crippen LogP contribution in [0.25, 0.3) is 0 Å². The zero-order valence-corrected chi connectivity index (χ0v) is 10.3. The number of aliphatic hydroxyl groups is 1. The molecule has 0 aromatic carbocycles. The lowest BCUT2D eigenvalue weighted by molar-refractivity contribution is -0.162. The number of aryl methyl sites for hydroxylation is 1. The summed E-state index contributed by atoms with van der Waals surface area (Å²) in [5, 5.41) is 12.5. The summed E-state index contributed by atoms with van der Waals surface area (Å²) in [6, 6.07) is -1.23. The van der Waals surface area contributed by atoms with Crippen molar-refractivity contribution in [3.05, 3.63) is 18.0 Å². The van der Waals surface area contributed by atoms with E-state index >= 15 is 0 Å². The van der Waals surface area contributed by atoms with Gasteiger partial charge in [-0.05, 0) is 0 Å². The fourth-order valence-corrected chi connectivity index (χ4v) is 1.54. The molecule has 19 heavy (non-hydrogen) atoms. The van der Waals surface area contributed by atoms with Crippen LogP contribution in [0.1, 0.15) is 11.6 Å². The first kappa shape index (κ1) is 15.4. The summed E-state index contributed by atoms with van der Waals surface area (Å²) >= 11 is 0. The maximum atomic E-state index is 12.3. The van der Waals surface area contributed by atoms with E-state index in [0.717, 1.165) is 0 Å². The topological polar surface area (TPSA) is 84.4 Å². The van der Waals surface area contributed by atoms with Gasteiger partial charge in [0.15, 0.2) is 0 Å². The monoisotopic (exact) mass is 280 g/mol. The molecule has 9 heteroatoms. The van der Waals surface area contributed by atoms with Crippen LogP contribution in [-0.2, 0) is 11.8 Å². The van der Waals surface area contributed by atoms with Crippen LogP contribution in [0.15, 0.2) is 12.4 Å². The smallest absolute Gasteiger partial charge is 0.395 e. The van der Waals surface area contributed by atoms with Crippen molar-refractivity contribution in [1.82, 2.24) is 14.7 Å². The summed E-state index contributed by atoms with van der Waals surface area (Å²) in [4.78, 5) is 12.4. The zero-order chi connectivity index (χ0) is 14.6. The number of nitrogens with zero attached hydrogens (tertiary/aromatic N) is 3. The van der Waals surface area contributed by atoms with E-state index < -0.39 is 37.8 Å². The van der Waals surface area contributed by atoms with Gasteiger partial charge in [0.2, 0.25) is 5.91 Å². The van der Waals surface area contributed by atoms with E-state index in [4.69, 9.17) is 10.8 Å². The number of rotatable bonds is 5. The van der Waals surface area contributed by atoms with Gasteiger partial charge in [-0.2, -0.15) is 18.3 Å². The fraction of sp³-hybridized carbons (Fsp3) is 0.600. The molecule has 1 aromatic rings.